The molecule has 4 rings (SSSR count). The SMILES string of the molecule is Cc1oc(-c2ccc(C#N)cc2)nc1COc1cccc(C(C)(C)C(=O)N2CCCC2)c1. The fourth-order valence-electron chi connectivity index (χ4n) is 3.94. The standard InChI is InChI=1S/C26H27N3O3/c1-18-23(28-24(32-18)20-11-9-19(16-27)10-12-20)17-31-22-8-6-7-21(15-22)26(2,3)25(30)29-13-4-5-14-29/h6-12,15H,4-5,13-14,17H2,1-3H3. The van der Waals surface area contributed by atoms with Gasteiger partial charge in [0.25, 0.3) is 0 Å². The van der Waals surface area contributed by atoms with Gasteiger partial charge in [0.1, 0.15) is 23.8 Å². The summed E-state index contributed by atoms with van der Waals surface area (Å²) in [5, 5.41) is 8.95. The summed E-state index contributed by atoms with van der Waals surface area (Å²) in [7, 11) is 0. The van der Waals surface area contributed by atoms with Gasteiger partial charge in [-0.25, -0.2) is 4.98 Å². The fraction of sp³-hybridized carbons (Fsp3) is 0.346. The van der Waals surface area contributed by atoms with E-state index in [0.717, 1.165) is 37.1 Å². The Labute approximate surface area is 188 Å². The molecule has 0 saturated carbocycles. The molecule has 0 spiro atoms. The Bertz CT molecular complexity index is 1150. The zero-order valence-corrected chi connectivity index (χ0v) is 18.7. The van der Waals surface area contributed by atoms with Crippen molar-refractivity contribution in [1.29, 1.82) is 5.26 Å². The summed E-state index contributed by atoms with van der Waals surface area (Å²) in [6.45, 7) is 7.73. The van der Waals surface area contributed by atoms with Gasteiger partial charge in [-0.2, -0.15) is 5.26 Å². The summed E-state index contributed by atoms with van der Waals surface area (Å²) >= 11 is 0. The van der Waals surface area contributed by atoms with Crippen LogP contribution in [-0.4, -0.2) is 28.9 Å². The molecule has 0 unspecified atom stereocenters. The zero-order chi connectivity index (χ0) is 22.7. The number of rotatable bonds is 6. The molecular weight excluding hydrogens is 402 g/mol. The normalized spacial score (nSPS) is 13.8. The number of ether oxygens (including phenoxy) is 1. The van der Waals surface area contributed by atoms with Crippen molar-refractivity contribution in [3.05, 3.63) is 71.1 Å². The molecule has 2 aromatic carbocycles. The fourth-order valence-corrected chi connectivity index (χ4v) is 3.94. The van der Waals surface area contributed by atoms with Crippen molar-refractivity contribution in [2.45, 2.75) is 45.6 Å². The van der Waals surface area contributed by atoms with Crippen molar-refractivity contribution < 1.29 is 13.9 Å². The van der Waals surface area contributed by atoms with Crippen LogP contribution in [0.25, 0.3) is 11.5 Å². The van der Waals surface area contributed by atoms with Crippen molar-refractivity contribution in [3.63, 3.8) is 0 Å². The van der Waals surface area contributed by atoms with Gasteiger partial charge < -0.3 is 14.1 Å². The van der Waals surface area contributed by atoms with Gasteiger partial charge in [0, 0.05) is 18.7 Å². The molecule has 0 atom stereocenters. The number of nitriles is 1. The molecule has 0 bridgehead atoms. The number of nitrogens with zero attached hydrogens (tertiary/aromatic N) is 3. The molecule has 1 aromatic heterocycles. The molecule has 1 saturated heterocycles. The second kappa shape index (κ2) is 8.88. The van der Waals surface area contributed by atoms with Crippen LogP contribution in [0.1, 0.15) is 49.3 Å². The Morgan fingerprint density at radius 2 is 1.91 bits per heavy atom. The van der Waals surface area contributed by atoms with Crippen molar-refractivity contribution in [2.24, 2.45) is 0 Å². The second-order valence-electron chi connectivity index (χ2n) is 8.65. The lowest BCUT2D eigenvalue weighted by Crippen LogP contribution is -2.41. The molecule has 0 N–H and O–H groups in total. The molecule has 1 fully saturated rings. The summed E-state index contributed by atoms with van der Waals surface area (Å²) in [6, 6.07) is 16.9. The quantitative estimate of drug-likeness (QED) is 0.551. The highest BCUT2D eigenvalue weighted by molar-refractivity contribution is 5.87. The summed E-state index contributed by atoms with van der Waals surface area (Å²) in [5.74, 6) is 2.03. The summed E-state index contributed by atoms with van der Waals surface area (Å²) in [6.07, 6.45) is 2.15. The van der Waals surface area contributed by atoms with Crippen LogP contribution in [0.5, 0.6) is 5.75 Å². The van der Waals surface area contributed by atoms with Gasteiger partial charge in [0.05, 0.1) is 17.0 Å². The first-order valence-electron chi connectivity index (χ1n) is 10.9. The first-order valence-corrected chi connectivity index (χ1v) is 10.9. The average molecular weight is 430 g/mol. The van der Waals surface area contributed by atoms with Crippen molar-refractivity contribution >= 4 is 5.91 Å². The highest BCUT2D eigenvalue weighted by atomic mass is 16.5. The maximum absolute atomic E-state index is 13.0. The molecule has 3 aromatic rings. The van der Waals surface area contributed by atoms with Gasteiger partial charge in [-0.15, -0.1) is 0 Å². The Morgan fingerprint density at radius 3 is 2.59 bits per heavy atom. The number of hydrogen-bond acceptors (Lipinski definition) is 5. The predicted octanol–water partition coefficient (Wildman–Crippen LogP) is 5.00. The minimum absolute atomic E-state index is 0.159. The third-order valence-corrected chi connectivity index (χ3v) is 6.01. The van der Waals surface area contributed by atoms with Gasteiger partial charge in [-0.1, -0.05) is 12.1 Å². The van der Waals surface area contributed by atoms with Crippen LogP contribution in [0.3, 0.4) is 0 Å². The Hall–Kier alpha value is -3.59. The van der Waals surface area contributed by atoms with E-state index in [1.807, 2.05) is 62.1 Å². The largest absolute Gasteiger partial charge is 0.487 e. The molecule has 0 aliphatic carbocycles. The highest BCUT2D eigenvalue weighted by Gasteiger charge is 2.35. The lowest BCUT2D eigenvalue weighted by atomic mass is 9.83. The van der Waals surface area contributed by atoms with Crippen molar-refractivity contribution in [3.8, 4) is 23.3 Å². The number of hydrogen-bond donors (Lipinski definition) is 0. The van der Waals surface area contributed by atoms with E-state index in [0.29, 0.717) is 28.7 Å². The van der Waals surface area contributed by atoms with Crippen LogP contribution >= 0.6 is 0 Å². The molecule has 6 heteroatoms. The molecule has 164 valence electrons. The molecule has 2 heterocycles. The van der Waals surface area contributed by atoms with Gasteiger partial charge in [0.2, 0.25) is 11.8 Å². The van der Waals surface area contributed by atoms with E-state index >= 15 is 0 Å². The van der Waals surface area contributed by atoms with E-state index < -0.39 is 5.41 Å². The maximum atomic E-state index is 13.0. The molecular formula is C26H27N3O3. The minimum atomic E-state index is -0.615. The number of carbonyl (C=O) groups excluding carboxylic acids is 1. The molecule has 32 heavy (non-hydrogen) atoms. The van der Waals surface area contributed by atoms with Crippen molar-refractivity contribution in [2.75, 3.05) is 13.1 Å². The lowest BCUT2D eigenvalue weighted by molar-refractivity contribution is -0.135. The number of benzene rings is 2. The first kappa shape index (κ1) is 21.6. The third-order valence-electron chi connectivity index (χ3n) is 6.01. The van der Waals surface area contributed by atoms with E-state index in [2.05, 4.69) is 11.1 Å². The van der Waals surface area contributed by atoms with Gasteiger partial charge in [-0.05, 0) is 75.6 Å². The van der Waals surface area contributed by atoms with Crippen LogP contribution < -0.4 is 4.74 Å². The molecule has 1 aliphatic rings. The van der Waals surface area contributed by atoms with Crippen LogP contribution in [0.2, 0.25) is 0 Å². The number of amides is 1. The second-order valence-corrected chi connectivity index (χ2v) is 8.65. The minimum Gasteiger partial charge on any atom is -0.487 e. The predicted molar refractivity (Wildman–Crippen MR) is 121 cm³/mol. The van der Waals surface area contributed by atoms with E-state index in [1.54, 1.807) is 12.1 Å². The number of oxazole rings is 1. The van der Waals surface area contributed by atoms with E-state index in [9.17, 15) is 4.79 Å². The van der Waals surface area contributed by atoms with Crippen LogP contribution in [0.4, 0.5) is 0 Å². The number of aryl methyl sites for hydroxylation is 1. The maximum Gasteiger partial charge on any atom is 0.232 e. The Balaban J connectivity index is 1.47. The first-order chi connectivity index (χ1) is 15.4. The smallest absolute Gasteiger partial charge is 0.232 e. The molecule has 1 amide bonds. The Morgan fingerprint density at radius 1 is 1.19 bits per heavy atom. The van der Waals surface area contributed by atoms with E-state index in [-0.39, 0.29) is 12.5 Å². The monoisotopic (exact) mass is 429 g/mol. The van der Waals surface area contributed by atoms with Crippen LogP contribution in [0, 0.1) is 18.3 Å². The molecule has 1 aliphatic heterocycles. The zero-order valence-electron chi connectivity index (χ0n) is 18.7. The van der Waals surface area contributed by atoms with E-state index in [1.165, 1.54) is 0 Å². The van der Waals surface area contributed by atoms with Gasteiger partial charge >= 0.3 is 0 Å². The van der Waals surface area contributed by atoms with Gasteiger partial charge in [-0.3, -0.25) is 4.79 Å². The lowest BCUT2D eigenvalue weighted by Gasteiger charge is -2.29. The number of likely N-dealkylation sites (tertiary alicyclic amines) is 1. The third kappa shape index (κ3) is 4.38. The van der Waals surface area contributed by atoms with Crippen molar-refractivity contribution in [1.82, 2.24) is 9.88 Å². The number of aromatic nitrogens is 1. The highest BCUT2D eigenvalue weighted by Crippen LogP contribution is 2.30. The summed E-state index contributed by atoms with van der Waals surface area (Å²) in [5.41, 5.74) is 2.43. The molecule has 6 nitrogen and oxygen atoms in total. The summed E-state index contributed by atoms with van der Waals surface area (Å²) < 4.78 is 11.8. The average Bonchev–Trinajstić information content (AvgIpc) is 3.47. The number of carbonyl (C=O) groups is 1. The molecule has 0 radical (unpaired) electrons. The van der Waals surface area contributed by atoms with E-state index in [4.69, 9.17) is 14.4 Å². The van der Waals surface area contributed by atoms with Crippen LogP contribution in [-0.2, 0) is 16.8 Å². The van der Waals surface area contributed by atoms with Gasteiger partial charge in [0.15, 0.2) is 0 Å². The van der Waals surface area contributed by atoms with Crippen LogP contribution in [0.15, 0.2) is 52.9 Å². The topological polar surface area (TPSA) is 79.4 Å². The summed E-state index contributed by atoms with van der Waals surface area (Å²) in [4.78, 5) is 19.5. The Kier molecular flexibility index (Phi) is 6.00.